The molecule has 1 aromatic heterocycles. The number of nitriles is 1. The average molecular weight is 342 g/mol. The highest BCUT2D eigenvalue weighted by atomic mass is 16.5. The molecule has 2 heterocycles. The van der Waals surface area contributed by atoms with E-state index in [1.54, 1.807) is 7.11 Å². The molecule has 3 atom stereocenters. The summed E-state index contributed by atoms with van der Waals surface area (Å²) in [7, 11) is 1.63. The van der Waals surface area contributed by atoms with Crippen LogP contribution in [-0.4, -0.2) is 43.2 Å². The van der Waals surface area contributed by atoms with E-state index in [-0.39, 0.29) is 11.9 Å². The van der Waals surface area contributed by atoms with Crippen LogP contribution in [0.1, 0.15) is 43.5 Å². The fraction of sp³-hybridized carbons (Fsp3) is 0.632. The summed E-state index contributed by atoms with van der Waals surface area (Å²) in [6.45, 7) is 2.93. The first-order valence-electron chi connectivity index (χ1n) is 9.08. The van der Waals surface area contributed by atoms with Crippen LogP contribution >= 0.6 is 0 Å². The quantitative estimate of drug-likeness (QED) is 0.830. The number of methoxy groups -OCH3 is 1. The Hall–Kier alpha value is -2.13. The van der Waals surface area contributed by atoms with Crippen molar-refractivity contribution < 1.29 is 9.53 Å². The molecule has 3 rings (SSSR count). The monoisotopic (exact) mass is 342 g/mol. The van der Waals surface area contributed by atoms with Gasteiger partial charge in [-0.2, -0.15) is 5.26 Å². The number of fused-ring (bicyclic) bond motifs is 1. The van der Waals surface area contributed by atoms with Gasteiger partial charge >= 0.3 is 0 Å². The third kappa shape index (κ3) is 3.77. The van der Waals surface area contributed by atoms with E-state index >= 15 is 0 Å². The van der Waals surface area contributed by atoms with E-state index in [1.807, 2.05) is 19.1 Å². The number of hydrogen-bond acceptors (Lipinski definition) is 5. The van der Waals surface area contributed by atoms with Crippen molar-refractivity contribution in [2.24, 2.45) is 5.92 Å². The minimum Gasteiger partial charge on any atom is -0.383 e. The minimum absolute atomic E-state index is 0.0550. The van der Waals surface area contributed by atoms with Crippen LogP contribution in [0.4, 0.5) is 5.69 Å². The number of anilines is 1. The summed E-state index contributed by atoms with van der Waals surface area (Å²) in [5, 5.41) is 12.2. The number of pyridine rings is 1. The number of aromatic nitrogens is 1. The molecule has 1 aliphatic carbocycles. The zero-order valence-electron chi connectivity index (χ0n) is 15.0. The van der Waals surface area contributed by atoms with Gasteiger partial charge in [-0.15, -0.1) is 0 Å². The molecule has 1 aliphatic heterocycles. The van der Waals surface area contributed by atoms with Crippen molar-refractivity contribution in [2.45, 2.75) is 51.1 Å². The standard InChI is InChI=1S/C19H26N4O2/c1-13-9-16(11-15(12-20)22-13)23-17-6-4-3-5-14(17)10-18(23)19(24)21-7-8-25-2/h9,11,14,17-18H,3-8,10H2,1-2H3,(H,21,24)/t14-,17-,18-/m0/s1. The molecule has 2 fully saturated rings. The van der Waals surface area contributed by atoms with Crippen LogP contribution in [0.5, 0.6) is 0 Å². The number of nitrogens with one attached hydrogen (secondary N) is 1. The van der Waals surface area contributed by atoms with Crippen molar-refractivity contribution in [1.82, 2.24) is 10.3 Å². The molecule has 6 nitrogen and oxygen atoms in total. The summed E-state index contributed by atoms with van der Waals surface area (Å²) < 4.78 is 5.03. The first-order chi connectivity index (χ1) is 12.1. The van der Waals surface area contributed by atoms with E-state index in [0.29, 0.717) is 30.8 Å². The Balaban J connectivity index is 1.89. The number of carbonyl (C=O) groups is 1. The molecule has 0 bridgehead atoms. The molecule has 0 unspecified atom stereocenters. The molecule has 1 saturated carbocycles. The Labute approximate surface area is 149 Å². The van der Waals surface area contributed by atoms with Crippen LogP contribution < -0.4 is 10.2 Å². The lowest BCUT2D eigenvalue weighted by Gasteiger charge is -2.35. The second-order valence-corrected chi connectivity index (χ2v) is 7.02. The van der Waals surface area contributed by atoms with E-state index in [9.17, 15) is 10.1 Å². The minimum atomic E-state index is -0.182. The highest BCUT2D eigenvalue weighted by molar-refractivity contribution is 5.86. The Bertz CT molecular complexity index is 670. The SMILES string of the molecule is COCCNC(=O)[C@@H]1C[C@@H]2CCCC[C@@H]2N1c1cc(C)nc(C#N)c1. The summed E-state index contributed by atoms with van der Waals surface area (Å²) >= 11 is 0. The van der Waals surface area contributed by atoms with Gasteiger partial charge in [0.15, 0.2) is 0 Å². The maximum atomic E-state index is 12.8. The molecule has 1 N–H and O–H groups in total. The van der Waals surface area contributed by atoms with Crippen LogP contribution in [0.3, 0.4) is 0 Å². The van der Waals surface area contributed by atoms with Crippen molar-refractivity contribution in [1.29, 1.82) is 5.26 Å². The zero-order chi connectivity index (χ0) is 17.8. The molecule has 1 aromatic rings. The van der Waals surface area contributed by atoms with E-state index in [4.69, 9.17) is 4.74 Å². The molecule has 0 aromatic carbocycles. The second-order valence-electron chi connectivity index (χ2n) is 7.02. The molecule has 1 amide bonds. The summed E-state index contributed by atoms with van der Waals surface area (Å²) in [5.41, 5.74) is 2.17. The van der Waals surface area contributed by atoms with Crippen LogP contribution in [0.15, 0.2) is 12.1 Å². The van der Waals surface area contributed by atoms with Gasteiger partial charge in [-0.05, 0) is 44.2 Å². The van der Waals surface area contributed by atoms with Gasteiger partial charge in [0.05, 0.1) is 6.61 Å². The molecule has 6 heteroatoms. The van der Waals surface area contributed by atoms with E-state index in [1.165, 1.54) is 19.3 Å². The molecular weight excluding hydrogens is 316 g/mol. The number of nitrogens with zero attached hydrogens (tertiary/aromatic N) is 3. The van der Waals surface area contributed by atoms with Crippen LogP contribution in [0.2, 0.25) is 0 Å². The Morgan fingerprint density at radius 2 is 2.24 bits per heavy atom. The summed E-state index contributed by atoms with van der Waals surface area (Å²) in [6.07, 6.45) is 5.61. The number of aryl methyl sites for hydroxylation is 1. The smallest absolute Gasteiger partial charge is 0.242 e. The molecule has 0 spiro atoms. The maximum absolute atomic E-state index is 12.8. The molecule has 134 valence electrons. The van der Waals surface area contributed by atoms with E-state index < -0.39 is 0 Å². The predicted octanol–water partition coefficient (Wildman–Crippen LogP) is 2.16. The Kier molecular flexibility index (Phi) is 5.54. The highest BCUT2D eigenvalue weighted by Gasteiger charge is 2.45. The largest absolute Gasteiger partial charge is 0.383 e. The van der Waals surface area contributed by atoms with Crippen molar-refractivity contribution in [3.63, 3.8) is 0 Å². The number of carbonyl (C=O) groups excluding carboxylic acids is 1. The third-order valence-electron chi connectivity index (χ3n) is 5.35. The van der Waals surface area contributed by atoms with Gasteiger partial charge in [-0.3, -0.25) is 4.79 Å². The molecule has 1 saturated heterocycles. The van der Waals surface area contributed by atoms with Gasteiger partial charge in [0.2, 0.25) is 5.91 Å². The lowest BCUT2D eigenvalue weighted by atomic mass is 9.84. The topological polar surface area (TPSA) is 78.2 Å². The molecule has 2 aliphatic rings. The van der Waals surface area contributed by atoms with Gasteiger partial charge in [0.25, 0.3) is 0 Å². The normalized spacial score (nSPS) is 25.3. The van der Waals surface area contributed by atoms with Gasteiger partial charge in [0, 0.05) is 31.1 Å². The fourth-order valence-electron chi connectivity index (χ4n) is 4.32. The predicted molar refractivity (Wildman–Crippen MR) is 95.2 cm³/mol. The van der Waals surface area contributed by atoms with Crippen molar-refractivity contribution in [3.05, 3.63) is 23.5 Å². The Morgan fingerprint density at radius 1 is 1.44 bits per heavy atom. The summed E-state index contributed by atoms with van der Waals surface area (Å²) in [6, 6.07) is 6.14. The lowest BCUT2D eigenvalue weighted by Crippen LogP contribution is -2.47. The highest BCUT2D eigenvalue weighted by Crippen LogP contribution is 2.42. The van der Waals surface area contributed by atoms with E-state index in [0.717, 1.165) is 24.2 Å². The average Bonchev–Trinajstić information content (AvgIpc) is 3.01. The summed E-state index contributed by atoms with van der Waals surface area (Å²) in [5.74, 6) is 0.602. The van der Waals surface area contributed by atoms with Crippen LogP contribution in [0, 0.1) is 24.2 Å². The van der Waals surface area contributed by atoms with Crippen LogP contribution in [-0.2, 0) is 9.53 Å². The molecule has 25 heavy (non-hydrogen) atoms. The van der Waals surface area contributed by atoms with Crippen LogP contribution in [0.25, 0.3) is 0 Å². The molecular formula is C19H26N4O2. The van der Waals surface area contributed by atoms with Crippen molar-refractivity contribution >= 4 is 11.6 Å². The maximum Gasteiger partial charge on any atom is 0.242 e. The fourth-order valence-corrected chi connectivity index (χ4v) is 4.32. The number of hydrogen-bond donors (Lipinski definition) is 1. The number of ether oxygens (including phenoxy) is 1. The first kappa shape index (κ1) is 17.7. The first-order valence-corrected chi connectivity index (χ1v) is 9.08. The van der Waals surface area contributed by atoms with E-state index in [2.05, 4.69) is 21.3 Å². The summed E-state index contributed by atoms with van der Waals surface area (Å²) in [4.78, 5) is 19.3. The zero-order valence-corrected chi connectivity index (χ0v) is 15.0. The lowest BCUT2D eigenvalue weighted by molar-refractivity contribution is -0.122. The number of amides is 1. The van der Waals surface area contributed by atoms with Gasteiger partial charge in [-0.1, -0.05) is 12.8 Å². The van der Waals surface area contributed by atoms with Gasteiger partial charge < -0.3 is 15.0 Å². The second kappa shape index (κ2) is 7.83. The van der Waals surface area contributed by atoms with Crippen molar-refractivity contribution in [3.8, 4) is 6.07 Å². The van der Waals surface area contributed by atoms with Gasteiger partial charge in [-0.25, -0.2) is 4.98 Å². The third-order valence-corrected chi connectivity index (χ3v) is 5.35. The van der Waals surface area contributed by atoms with Crippen molar-refractivity contribution in [2.75, 3.05) is 25.2 Å². The number of rotatable bonds is 5. The molecule has 0 radical (unpaired) electrons. The van der Waals surface area contributed by atoms with Gasteiger partial charge in [0.1, 0.15) is 17.8 Å². The Morgan fingerprint density at radius 3 is 3.00 bits per heavy atom.